The number of hydrogen-bond acceptors (Lipinski definition) is 1. The highest BCUT2D eigenvalue weighted by Gasteiger charge is 2.34. The Balaban J connectivity index is 1.89. The average Bonchev–Trinajstić information content (AvgIpc) is 2.82. The molecular formula is C17H15F3N2S. The van der Waals surface area contributed by atoms with Crippen molar-refractivity contribution in [2.45, 2.75) is 25.6 Å². The third kappa shape index (κ3) is 3.03. The monoisotopic (exact) mass is 336 g/mol. The topological polar surface area (TPSA) is 15.3 Å². The Kier molecular flexibility index (Phi) is 4.02. The second-order valence-corrected chi connectivity index (χ2v) is 5.91. The van der Waals surface area contributed by atoms with Gasteiger partial charge in [-0.1, -0.05) is 30.3 Å². The van der Waals surface area contributed by atoms with Crippen molar-refractivity contribution in [1.29, 1.82) is 0 Å². The van der Waals surface area contributed by atoms with Crippen molar-refractivity contribution in [3.05, 3.63) is 59.7 Å². The van der Waals surface area contributed by atoms with Crippen LogP contribution in [0, 0.1) is 0 Å². The molecule has 0 aliphatic carbocycles. The van der Waals surface area contributed by atoms with Crippen LogP contribution in [0.4, 0.5) is 24.5 Å². The second kappa shape index (κ2) is 5.85. The van der Waals surface area contributed by atoms with Crippen LogP contribution in [0.2, 0.25) is 0 Å². The van der Waals surface area contributed by atoms with E-state index in [0.717, 1.165) is 23.7 Å². The first-order valence-electron chi connectivity index (χ1n) is 7.22. The lowest BCUT2D eigenvalue weighted by atomic mass is 10.1. The molecule has 6 heteroatoms. The first kappa shape index (κ1) is 15.8. The first-order chi connectivity index (χ1) is 10.9. The zero-order chi connectivity index (χ0) is 16.6. The summed E-state index contributed by atoms with van der Waals surface area (Å²) in [5.74, 6) is 0. The van der Waals surface area contributed by atoms with Crippen LogP contribution in [0.25, 0.3) is 0 Å². The number of alkyl halides is 3. The van der Waals surface area contributed by atoms with Gasteiger partial charge in [-0.25, -0.2) is 0 Å². The summed E-state index contributed by atoms with van der Waals surface area (Å²) >= 11 is 5.38. The maximum absolute atomic E-state index is 13.1. The van der Waals surface area contributed by atoms with Crippen molar-refractivity contribution >= 4 is 28.7 Å². The van der Waals surface area contributed by atoms with E-state index >= 15 is 0 Å². The largest absolute Gasteiger partial charge is 0.418 e. The lowest BCUT2D eigenvalue weighted by Crippen LogP contribution is -2.39. The van der Waals surface area contributed by atoms with E-state index in [0.29, 0.717) is 0 Å². The van der Waals surface area contributed by atoms with Crippen molar-refractivity contribution in [2.75, 3.05) is 10.2 Å². The zero-order valence-electron chi connectivity index (χ0n) is 12.4. The van der Waals surface area contributed by atoms with E-state index in [1.165, 1.54) is 12.1 Å². The molecule has 2 aromatic rings. The standard InChI is InChI=1S/C17H15F3N2S/c1-11-10-12-6-2-5-9-15(12)22(11)16(23)21-14-8-4-3-7-13(14)17(18,19)20/h2-9,11H,10H2,1H3,(H,21,23). The molecule has 1 heterocycles. The Morgan fingerprint density at radius 2 is 1.78 bits per heavy atom. The van der Waals surface area contributed by atoms with Crippen molar-refractivity contribution in [3.8, 4) is 0 Å². The molecule has 1 N–H and O–H groups in total. The van der Waals surface area contributed by atoms with Crippen molar-refractivity contribution in [3.63, 3.8) is 0 Å². The molecule has 0 aromatic heterocycles. The molecular weight excluding hydrogens is 321 g/mol. The predicted octanol–water partition coefficient (Wildman–Crippen LogP) is 4.85. The molecule has 2 aromatic carbocycles. The molecule has 0 bridgehead atoms. The van der Waals surface area contributed by atoms with Crippen LogP contribution in [0.1, 0.15) is 18.1 Å². The van der Waals surface area contributed by atoms with Gasteiger partial charge < -0.3 is 10.2 Å². The van der Waals surface area contributed by atoms with E-state index in [9.17, 15) is 13.2 Å². The van der Waals surface area contributed by atoms with E-state index in [-0.39, 0.29) is 16.8 Å². The summed E-state index contributed by atoms with van der Waals surface area (Å²) in [4.78, 5) is 1.87. The lowest BCUT2D eigenvalue weighted by molar-refractivity contribution is -0.136. The lowest BCUT2D eigenvalue weighted by Gasteiger charge is -2.27. The minimum atomic E-state index is -4.42. The molecule has 1 aliphatic rings. The Bertz CT molecular complexity index is 743. The van der Waals surface area contributed by atoms with Gasteiger partial charge in [0.15, 0.2) is 5.11 Å². The second-order valence-electron chi connectivity index (χ2n) is 5.53. The molecule has 2 nitrogen and oxygen atoms in total. The number of nitrogens with zero attached hydrogens (tertiary/aromatic N) is 1. The highest BCUT2D eigenvalue weighted by Crippen LogP contribution is 2.36. The molecule has 1 aliphatic heterocycles. The number of rotatable bonds is 1. The number of anilines is 2. The SMILES string of the molecule is CC1Cc2ccccc2N1C(=S)Nc1ccccc1C(F)(F)F. The molecule has 3 rings (SSSR count). The van der Waals surface area contributed by atoms with Crippen LogP contribution < -0.4 is 10.2 Å². The van der Waals surface area contributed by atoms with Crippen molar-refractivity contribution < 1.29 is 13.2 Å². The first-order valence-corrected chi connectivity index (χ1v) is 7.63. The third-order valence-electron chi connectivity index (χ3n) is 3.90. The fraction of sp³-hybridized carbons (Fsp3) is 0.235. The van der Waals surface area contributed by atoms with Gasteiger partial charge in [0, 0.05) is 11.7 Å². The number of fused-ring (bicyclic) bond motifs is 1. The van der Waals surface area contributed by atoms with Crippen molar-refractivity contribution in [2.24, 2.45) is 0 Å². The highest BCUT2D eigenvalue weighted by molar-refractivity contribution is 7.80. The van der Waals surface area contributed by atoms with Crippen LogP contribution >= 0.6 is 12.2 Å². The maximum atomic E-state index is 13.1. The third-order valence-corrected chi connectivity index (χ3v) is 4.20. The smallest absolute Gasteiger partial charge is 0.332 e. The molecule has 0 spiro atoms. The molecule has 23 heavy (non-hydrogen) atoms. The minimum absolute atomic E-state index is 0.0263. The molecule has 0 saturated heterocycles. The van der Waals surface area contributed by atoms with Gasteiger partial charge in [-0.3, -0.25) is 0 Å². The van der Waals surface area contributed by atoms with Gasteiger partial charge in [0.1, 0.15) is 0 Å². The predicted molar refractivity (Wildman–Crippen MR) is 89.8 cm³/mol. The van der Waals surface area contributed by atoms with E-state index < -0.39 is 11.7 Å². The maximum Gasteiger partial charge on any atom is 0.418 e. The Hall–Kier alpha value is -2.08. The Morgan fingerprint density at radius 3 is 2.52 bits per heavy atom. The van der Waals surface area contributed by atoms with Crippen LogP contribution in [0.3, 0.4) is 0 Å². The normalized spacial score (nSPS) is 17.0. The summed E-state index contributed by atoms with van der Waals surface area (Å²) in [5.41, 5.74) is 1.35. The Morgan fingerprint density at radius 1 is 1.13 bits per heavy atom. The molecule has 1 unspecified atom stereocenters. The number of hydrogen-bond donors (Lipinski definition) is 1. The average molecular weight is 336 g/mol. The van der Waals surface area contributed by atoms with Gasteiger partial charge in [0.25, 0.3) is 0 Å². The van der Waals surface area contributed by atoms with Crippen LogP contribution in [0.5, 0.6) is 0 Å². The number of benzene rings is 2. The summed E-state index contributed by atoms with van der Waals surface area (Å²) in [5, 5.41) is 3.04. The summed E-state index contributed by atoms with van der Waals surface area (Å²) in [6.07, 6.45) is -3.60. The highest BCUT2D eigenvalue weighted by atomic mass is 32.1. The molecule has 0 amide bonds. The summed E-state index contributed by atoms with van der Waals surface area (Å²) in [6.45, 7) is 2.00. The molecule has 120 valence electrons. The van der Waals surface area contributed by atoms with E-state index in [4.69, 9.17) is 12.2 Å². The molecule has 0 saturated carbocycles. The van der Waals surface area contributed by atoms with Gasteiger partial charge >= 0.3 is 6.18 Å². The molecule has 1 atom stereocenters. The minimum Gasteiger partial charge on any atom is -0.332 e. The number of nitrogens with one attached hydrogen (secondary N) is 1. The van der Waals surface area contributed by atoms with Gasteiger partial charge in [-0.05, 0) is 49.3 Å². The van der Waals surface area contributed by atoms with E-state index in [2.05, 4.69) is 5.32 Å². The molecule has 0 radical (unpaired) electrons. The molecule has 0 fully saturated rings. The summed E-state index contributed by atoms with van der Waals surface area (Å²) < 4.78 is 39.3. The van der Waals surface area contributed by atoms with Gasteiger partial charge in [-0.2, -0.15) is 13.2 Å². The van der Waals surface area contributed by atoms with E-state index in [1.54, 1.807) is 6.07 Å². The van der Waals surface area contributed by atoms with Gasteiger partial charge in [0.2, 0.25) is 0 Å². The van der Waals surface area contributed by atoms with Crippen LogP contribution in [-0.2, 0) is 12.6 Å². The van der Waals surface area contributed by atoms with Gasteiger partial charge in [-0.15, -0.1) is 0 Å². The quantitative estimate of drug-likeness (QED) is 0.749. The fourth-order valence-electron chi connectivity index (χ4n) is 2.89. The summed E-state index contributed by atoms with van der Waals surface area (Å²) in [7, 11) is 0. The number of halogens is 3. The summed E-state index contributed by atoms with van der Waals surface area (Å²) in [6, 6.07) is 13.3. The number of thiocarbonyl (C=S) groups is 1. The van der Waals surface area contributed by atoms with Crippen LogP contribution in [-0.4, -0.2) is 11.2 Å². The number of para-hydroxylation sites is 2. The zero-order valence-corrected chi connectivity index (χ0v) is 13.2. The van der Waals surface area contributed by atoms with Crippen LogP contribution in [0.15, 0.2) is 48.5 Å². The fourth-order valence-corrected chi connectivity index (χ4v) is 3.28. The Labute approximate surface area is 137 Å². The van der Waals surface area contributed by atoms with E-state index in [1.807, 2.05) is 36.1 Å². The van der Waals surface area contributed by atoms with Crippen molar-refractivity contribution in [1.82, 2.24) is 0 Å². The van der Waals surface area contributed by atoms with Gasteiger partial charge in [0.05, 0.1) is 11.3 Å².